The first-order valence-corrected chi connectivity index (χ1v) is 9.63. The maximum absolute atomic E-state index is 11.0. The summed E-state index contributed by atoms with van der Waals surface area (Å²) in [6.45, 7) is 0.514. The van der Waals surface area contributed by atoms with Crippen LogP contribution < -0.4 is 4.74 Å². The summed E-state index contributed by atoms with van der Waals surface area (Å²) in [6.07, 6.45) is 0. The summed E-state index contributed by atoms with van der Waals surface area (Å²) in [5.41, 5.74) is 4.55. The Morgan fingerprint density at radius 2 is 1.58 bits per heavy atom. The van der Waals surface area contributed by atoms with Crippen molar-refractivity contribution in [1.82, 2.24) is 19.5 Å². The molecule has 3 aromatic carbocycles. The molecular formula is C23H17N5O3. The van der Waals surface area contributed by atoms with E-state index in [1.54, 1.807) is 19.2 Å². The van der Waals surface area contributed by atoms with Gasteiger partial charge in [-0.15, -0.1) is 0 Å². The smallest absolute Gasteiger partial charge is 0.269 e. The van der Waals surface area contributed by atoms with Crippen LogP contribution in [-0.4, -0.2) is 31.6 Å². The standard InChI is InChI=1S/C23H17N5O3/c1-31-18-12-6-15(7-13-18)14-27-22(16-8-10-17(11-9-16)28(29)30)26-21-23(27)25-20-5-3-2-4-19(20)24-21/h2-13H,14H2,1H3. The van der Waals surface area contributed by atoms with E-state index in [9.17, 15) is 10.1 Å². The van der Waals surface area contributed by atoms with Gasteiger partial charge in [-0.05, 0) is 42.0 Å². The zero-order valence-electron chi connectivity index (χ0n) is 16.6. The lowest BCUT2D eigenvalue weighted by Gasteiger charge is -2.10. The lowest BCUT2D eigenvalue weighted by Crippen LogP contribution is -2.04. The molecule has 152 valence electrons. The monoisotopic (exact) mass is 411 g/mol. The molecule has 0 aliphatic rings. The van der Waals surface area contributed by atoms with Crippen LogP contribution >= 0.6 is 0 Å². The fourth-order valence-corrected chi connectivity index (χ4v) is 3.51. The largest absolute Gasteiger partial charge is 0.497 e. The third kappa shape index (κ3) is 3.44. The minimum Gasteiger partial charge on any atom is -0.497 e. The van der Waals surface area contributed by atoms with E-state index < -0.39 is 4.92 Å². The van der Waals surface area contributed by atoms with Crippen molar-refractivity contribution in [3.8, 4) is 17.1 Å². The van der Waals surface area contributed by atoms with E-state index in [1.807, 2.05) is 53.1 Å². The van der Waals surface area contributed by atoms with E-state index >= 15 is 0 Å². The van der Waals surface area contributed by atoms with Crippen LogP contribution in [0, 0.1) is 10.1 Å². The molecule has 0 aliphatic carbocycles. The number of aromatic nitrogens is 4. The molecular weight excluding hydrogens is 394 g/mol. The number of imidazole rings is 1. The van der Waals surface area contributed by atoms with Crippen molar-refractivity contribution in [2.75, 3.05) is 7.11 Å². The molecule has 0 bridgehead atoms. The second kappa shape index (κ2) is 7.49. The van der Waals surface area contributed by atoms with Crippen molar-refractivity contribution in [3.63, 3.8) is 0 Å². The molecule has 5 aromatic rings. The minimum absolute atomic E-state index is 0.0311. The van der Waals surface area contributed by atoms with Gasteiger partial charge in [-0.3, -0.25) is 10.1 Å². The highest BCUT2D eigenvalue weighted by atomic mass is 16.6. The number of hydrogen-bond donors (Lipinski definition) is 0. The highest BCUT2D eigenvalue weighted by Crippen LogP contribution is 2.27. The fraction of sp³-hybridized carbons (Fsp3) is 0.0870. The molecule has 0 N–H and O–H groups in total. The highest BCUT2D eigenvalue weighted by molar-refractivity contribution is 5.85. The van der Waals surface area contributed by atoms with Gasteiger partial charge in [0, 0.05) is 17.7 Å². The molecule has 8 heteroatoms. The third-order valence-electron chi connectivity index (χ3n) is 5.09. The number of hydrogen-bond acceptors (Lipinski definition) is 6. The van der Waals surface area contributed by atoms with Gasteiger partial charge in [0.1, 0.15) is 11.6 Å². The number of nitro groups is 1. The van der Waals surface area contributed by atoms with Gasteiger partial charge in [0.05, 0.1) is 29.6 Å². The van der Waals surface area contributed by atoms with E-state index in [-0.39, 0.29) is 5.69 Å². The molecule has 5 rings (SSSR count). The number of nitrogens with zero attached hydrogens (tertiary/aromatic N) is 5. The Kier molecular flexibility index (Phi) is 4.51. The lowest BCUT2D eigenvalue weighted by molar-refractivity contribution is -0.384. The zero-order chi connectivity index (χ0) is 21.4. The van der Waals surface area contributed by atoms with E-state index in [2.05, 4.69) is 4.98 Å². The van der Waals surface area contributed by atoms with Gasteiger partial charge in [0.25, 0.3) is 5.69 Å². The van der Waals surface area contributed by atoms with Crippen LogP contribution in [-0.2, 0) is 6.54 Å². The Balaban J connectivity index is 1.69. The quantitative estimate of drug-likeness (QED) is 0.309. The van der Waals surface area contributed by atoms with Crippen LogP contribution in [0.5, 0.6) is 5.75 Å². The van der Waals surface area contributed by atoms with Crippen LogP contribution in [0.25, 0.3) is 33.7 Å². The fourth-order valence-electron chi connectivity index (χ4n) is 3.51. The predicted molar refractivity (Wildman–Crippen MR) is 117 cm³/mol. The minimum atomic E-state index is -0.417. The summed E-state index contributed by atoms with van der Waals surface area (Å²) in [6, 6.07) is 21.8. The van der Waals surface area contributed by atoms with Crippen molar-refractivity contribution in [3.05, 3.63) is 88.5 Å². The number of para-hydroxylation sites is 2. The molecule has 2 aromatic heterocycles. The maximum atomic E-state index is 11.0. The average molecular weight is 411 g/mol. The molecule has 0 atom stereocenters. The van der Waals surface area contributed by atoms with Crippen molar-refractivity contribution in [2.24, 2.45) is 0 Å². The van der Waals surface area contributed by atoms with Crippen molar-refractivity contribution in [2.45, 2.75) is 6.54 Å². The Morgan fingerprint density at radius 3 is 2.23 bits per heavy atom. The number of rotatable bonds is 5. The van der Waals surface area contributed by atoms with Gasteiger partial charge in [0.15, 0.2) is 11.3 Å². The first-order chi connectivity index (χ1) is 15.1. The number of methoxy groups -OCH3 is 1. The van der Waals surface area contributed by atoms with Crippen LogP contribution in [0.3, 0.4) is 0 Å². The molecule has 0 spiro atoms. The number of benzene rings is 3. The van der Waals surface area contributed by atoms with Gasteiger partial charge in [0.2, 0.25) is 0 Å². The number of ether oxygens (including phenoxy) is 1. The van der Waals surface area contributed by atoms with Gasteiger partial charge in [-0.25, -0.2) is 15.0 Å². The van der Waals surface area contributed by atoms with Crippen molar-refractivity contribution < 1.29 is 9.66 Å². The molecule has 0 radical (unpaired) electrons. The zero-order valence-corrected chi connectivity index (χ0v) is 16.6. The highest BCUT2D eigenvalue weighted by Gasteiger charge is 2.17. The Bertz CT molecular complexity index is 1410. The summed E-state index contributed by atoms with van der Waals surface area (Å²) in [5, 5.41) is 11.0. The summed E-state index contributed by atoms with van der Waals surface area (Å²) >= 11 is 0. The molecule has 0 amide bonds. The first kappa shape index (κ1) is 18.7. The second-order valence-corrected chi connectivity index (χ2v) is 7.03. The topological polar surface area (TPSA) is 96.0 Å². The molecule has 31 heavy (non-hydrogen) atoms. The van der Waals surface area contributed by atoms with Crippen molar-refractivity contribution >= 4 is 28.0 Å². The Hall–Kier alpha value is -4.33. The maximum Gasteiger partial charge on any atom is 0.269 e. The summed E-state index contributed by atoms with van der Waals surface area (Å²) in [4.78, 5) is 24.8. The second-order valence-electron chi connectivity index (χ2n) is 7.03. The van der Waals surface area contributed by atoms with Gasteiger partial charge in [-0.2, -0.15) is 0 Å². The lowest BCUT2D eigenvalue weighted by atomic mass is 10.1. The average Bonchev–Trinajstić information content (AvgIpc) is 3.15. The van der Waals surface area contributed by atoms with Crippen LogP contribution in [0.4, 0.5) is 5.69 Å². The Morgan fingerprint density at radius 1 is 0.903 bits per heavy atom. The van der Waals surface area contributed by atoms with E-state index in [4.69, 9.17) is 14.7 Å². The summed E-state index contributed by atoms with van der Waals surface area (Å²) in [5.74, 6) is 1.43. The molecule has 0 fully saturated rings. The third-order valence-corrected chi connectivity index (χ3v) is 5.09. The summed E-state index contributed by atoms with van der Waals surface area (Å²) < 4.78 is 7.23. The molecule has 0 aliphatic heterocycles. The normalized spacial score (nSPS) is 11.1. The Labute approximate surface area is 176 Å². The first-order valence-electron chi connectivity index (χ1n) is 9.63. The number of non-ortho nitro benzene ring substituents is 1. The van der Waals surface area contributed by atoms with Crippen LogP contribution in [0.1, 0.15) is 5.56 Å². The van der Waals surface area contributed by atoms with Gasteiger partial charge >= 0.3 is 0 Å². The number of nitro benzene ring substituents is 1. The predicted octanol–water partition coefficient (Wildman–Crippen LogP) is 4.61. The summed E-state index contributed by atoms with van der Waals surface area (Å²) in [7, 11) is 1.63. The van der Waals surface area contributed by atoms with E-state index in [1.165, 1.54) is 12.1 Å². The van der Waals surface area contributed by atoms with Gasteiger partial charge in [-0.1, -0.05) is 24.3 Å². The van der Waals surface area contributed by atoms with Gasteiger partial charge < -0.3 is 9.30 Å². The molecule has 0 unspecified atom stereocenters. The van der Waals surface area contributed by atoms with Crippen LogP contribution in [0.15, 0.2) is 72.8 Å². The molecule has 0 saturated carbocycles. The van der Waals surface area contributed by atoms with E-state index in [0.717, 1.165) is 27.9 Å². The number of fused-ring (bicyclic) bond motifs is 2. The molecule has 2 heterocycles. The SMILES string of the molecule is COc1ccc(Cn2c(-c3ccc([N+](=O)[O-])cc3)nc3nc4ccccc4nc32)cc1. The van der Waals surface area contributed by atoms with Crippen molar-refractivity contribution in [1.29, 1.82) is 0 Å². The van der Waals surface area contributed by atoms with Crippen LogP contribution in [0.2, 0.25) is 0 Å². The molecule has 8 nitrogen and oxygen atoms in total. The van der Waals surface area contributed by atoms with E-state index in [0.29, 0.717) is 23.7 Å². The molecule has 0 saturated heterocycles.